The predicted octanol–water partition coefficient (Wildman–Crippen LogP) is 6.88. The molecule has 8 heteroatoms. The summed E-state index contributed by atoms with van der Waals surface area (Å²) in [4.78, 5) is 25.0. The minimum absolute atomic E-state index is 0. The first-order valence-electron chi connectivity index (χ1n) is 14.9. The highest BCUT2D eigenvalue weighted by molar-refractivity contribution is 6.30. The molecule has 1 saturated heterocycles. The van der Waals surface area contributed by atoms with Crippen LogP contribution in [0, 0.1) is 12.8 Å². The molecule has 0 unspecified atom stereocenters. The van der Waals surface area contributed by atoms with Crippen LogP contribution in [0.1, 0.15) is 80.5 Å². The molecule has 3 aromatic rings. The molecule has 0 bridgehead atoms. The molecule has 2 aliphatic carbocycles. The van der Waals surface area contributed by atoms with Crippen LogP contribution in [0.2, 0.25) is 5.02 Å². The normalized spacial score (nSPS) is 17.2. The summed E-state index contributed by atoms with van der Waals surface area (Å²) in [5, 5.41) is 3.93. The van der Waals surface area contributed by atoms with E-state index in [1.807, 2.05) is 42.8 Å². The third kappa shape index (κ3) is 8.72. The largest absolute Gasteiger partial charge is 0.337 e. The minimum Gasteiger partial charge on any atom is -0.337 e. The van der Waals surface area contributed by atoms with Crippen molar-refractivity contribution in [3.8, 4) is 12.8 Å². The molecule has 2 fully saturated rings. The van der Waals surface area contributed by atoms with Crippen LogP contribution in [-0.4, -0.2) is 69.6 Å². The Hall–Kier alpha value is -3.60. The molecular formula is C35H47ClN6O. The lowest BCUT2D eigenvalue weighted by Crippen LogP contribution is -2.52. The van der Waals surface area contributed by atoms with Gasteiger partial charge in [0, 0.05) is 74.7 Å². The van der Waals surface area contributed by atoms with Gasteiger partial charge in [0.2, 0.25) is 0 Å². The molecule has 43 heavy (non-hydrogen) atoms. The first kappa shape index (κ1) is 33.9. The zero-order valence-corrected chi connectivity index (χ0v) is 25.9. The first-order chi connectivity index (χ1) is 20.4. The number of imidazole rings is 1. The van der Waals surface area contributed by atoms with Crippen LogP contribution >= 0.6 is 11.6 Å². The van der Waals surface area contributed by atoms with E-state index in [9.17, 15) is 4.79 Å². The molecule has 0 spiro atoms. The number of piperazine rings is 1. The van der Waals surface area contributed by atoms with Gasteiger partial charge in [-0.15, -0.1) is 12.8 Å². The highest BCUT2D eigenvalue weighted by Gasteiger charge is 2.24. The van der Waals surface area contributed by atoms with Gasteiger partial charge < -0.3 is 19.7 Å². The van der Waals surface area contributed by atoms with E-state index < -0.39 is 0 Å². The fraction of sp³-hybridized carbons (Fsp3) is 0.457. The van der Waals surface area contributed by atoms with E-state index >= 15 is 0 Å². The van der Waals surface area contributed by atoms with Gasteiger partial charge in [-0.25, -0.2) is 9.78 Å². The molecule has 2 aromatic heterocycles. The number of benzene rings is 1. The molecule has 1 saturated carbocycles. The van der Waals surface area contributed by atoms with Crippen molar-refractivity contribution in [1.82, 2.24) is 29.7 Å². The number of nitrogens with zero attached hydrogens (tertiary/aromatic N) is 5. The van der Waals surface area contributed by atoms with Gasteiger partial charge in [-0.2, -0.15) is 0 Å². The molecule has 6 rings (SSSR count). The summed E-state index contributed by atoms with van der Waals surface area (Å²) >= 11 is 6.31. The summed E-state index contributed by atoms with van der Waals surface area (Å²) in [6.45, 7) is 5.95. The molecule has 1 atom stereocenters. The molecule has 230 valence electrons. The highest BCUT2D eigenvalue weighted by atomic mass is 35.5. The average molecular weight is 603 g/mol. The maximum absolute atomic E-state index is 12.0. The number of fused-ring (bicyclic) bond motifs is 2. The van der Waals surface area contributed by atoms with Gasteiger partial charge in [0.1, 0.15) is 0 Å². The van der Waals surface area contributed by atoms with Crippen molar-refractivity contribution < 1.29 is 4.79 Å². The Bertz CT molecular complexity index is 1380. The number of urea groups is 1. The third-order valence-corrected chi connectivity index (χ3v) is 8.70. The maximum Gasteiger partial charge on any atom is 0.317 e. The summed E-state index contributed by atoms with van der Waals surface area (Å²) in [5.41, 5.74) is 7.18. The quantitative estimate of drug-likeness (QED) is 0.332. The summed E-state index contributed by atoms with van der Waals surface area (Å²) in [6, 6.07) is 10.9. The number of terminal acetylenes is 1. The van der Waals surface area contributed by atoms with E-state index in [2.05, 4.69) is 75.8 Å². The Labute approximate surface area is 263 Å². The standard InChI is InChI=1S/C20H18ClN3.C12H23N3O.C2H2.CH4/c1-13(20-11-22-12-24(20)2)17-8-15-4-3-7-23-19(15)9-14-5-6-16(21)10-18(14)17;1-14-7-9-15(10-8-14)12(16)13-11-5-3-2-4-6-11;1-2;/h3-8,10-13H,9H2,1-2H3;11H,2-10H2,1H3,(H,13,16);1-2H;1H4/t13-;;;/m1.../s1. The number of amides is 2. The molecule has 1 N–H and O–H groups in total. The lowest BCUT2D eigenvalue weighted by atomic mass is 9.88. The Morgan fingerprint density at radius 1 is 1.07 bits per heavy atom. The number of aryl methyl sites for hydroxylation is 1. The van der Waals surface area contributed by atoms with Gasteiger partial charge in [-0.05, 0) is 66.4 Å². The van der Waals surface area contributed by atoms with Crippen molar-refractivity contribution in [2.75, 3.05) is 33.2 Å². The number of halogens is 1. The van der Waals surface area contributed by atoms with E-state index in [4.69, 9.17) is 11.6 Å². The van der Waals surface area contributed by atoms with Crippen LogP contribution in [0.3, 0.4) is 0 Å². The van der Waals surface area contributed by atoms with Gasteiger partial charge in [-0.3, -0.25) is 4.98 Å². The first-order valence-corrected chi connectivity index (χ1v) is 15.2. The van der Waals surface area contributed by atoms with Crippen LogP contribution in [0.15, 0.2) is 49.1 Å². The Balaban J connectivity index is 0.000000233. The molecule has 0 radical (unpaired) electrons. The van der Waals surface area contributed by atoms with E-state index in [1.54, 1.807) is 0 Å². The van der Waals surface area contributed by atoms with Crippen molar-refractivity contribution >= 4 is 29.3 Å². The van der Waals surface area contributed by atoms with Gasteiger partial charge in [0.15, 0.2) is 0 Å². The SMILES string of the molecule is C.C#C.CN1CCN(C(=O)NC2CCCCC2)CC1.C[C@H](C1=Cc2cccnc2Cc2ccc(Cl)cc21)c1cncn1C. The number of allylic oxidation sites excluding steroid dienone is 1. The van der Waals surface area contributed by atoms with Crippen molar-refractivity contribution in [2.45, 2.75) is 64.8 Å². The van der Waals surface area contributed by atoms with E-state index in [1.165, 1.54) is 60.1 Å². The van der Waals surface area contributed by atoms with Gasteiger partial charge in [0.25, 0.3) is 0 Å². The third-order valence-electron chi connectivity index (χ3n) is 8.46. The van der Waals surface area contributed by atoms with E-state index in [0.717, 1.165) is 43.3 Å². The highest BCUT2D eigenvalue weighted by Crippen LogP contribution is 2.39. The number of rotatable bonds is 3. The lowest BCUT2D eigenvalue weighted by molar-refractivity contribution is 0.149. The molecular weight excluding hydrogens is 556 g/mol. The van der Waals surface area contributed by atoms with Crippen LogP contribution in [0.25, 0.3) is 11.6 Å². The number of nitrogens with one attached hydrogen (secondary N) is 1. The number of hydrogen-bond donors (Lipinski definition) is 1. The number of likely N-dealkylation sites (N-methyl/N-ethyl adjacent to an activating group) is 1. The number of hydrogen-bond acceptors (Lipinski definition) is 4. The van der Waals surface area contributed by atoms with Crippen LogP contribution in [-0.2, 0) is 13.5 Å². The molecule has 3 heterocycles. The molecule has 1 aliphatic heterocycles. The summed E-state index contributed by atoms with van der Waals surface area (Å²) in [5.74, 6) is 0.209. The zero-order valence-electron chi connectivity index (χ0n) is 25.1. The topological polar surface area (TPSA) is 66.3 Å². The lowest BCUT2D eigenvalue weighted by Gasteiger charge is -2.34. The fourth-order valence-electron chi connectivity index (χ4n) is 5.95. The molecule has 7 nitrogen and oxygen atoms in total. The van der Waals surface area contributed by atoms with Gasteiger partial charge in [-0.1, -0.05) is 57.3 Å². The number of carbonyl (C=O) groups excluding carboxylic acids is 1. The van der Waals surface area contributed by atoms with Crippen molar-refractivity contribution in [3.63, 3.8) is 0 Å². The number of pyridine rings is 1. The second-order valence-corrected chi connectivity index (χ2v) is 11.8. The predicted molar refractivity (Wildman–Crippen MR) is 179 cm³/mol. The van der Waals surface area contributed by atoms with Crippen molar-refractivity contribution in [3.05, 3.63) is 82.2 Å². The fourth-order valence-corrected chi connectivity index (χ4v) is 6.12. The number of aromatic nitrogens is 3. The summed E-state index contributed by atoms with van der Waals surface area (Å²) in [6.07, 6.45) is 22.9. The van der Waals surface area contributed by atoms with Gasteiger partial charge >= 0.3 is 6.03 Å². The summed E-state index contributed by atoms with van der Waals surface area (Å²) < 4.78 is 2.07. The molecule has 3 aliphatic rings. The monoisotopic (exact) mass is 602 g/mol. The van der Waals surface area contributed by atoms with Crippen molar-refractivity contribution in [2.24, 2.45) is 7.05 Å². The number of carbonyl (C=O) groups is 1. The Morgan fingerprint density at radius 2 is 1.79 bits per heavy atom. The van der Waals surface area contributed by atoms with Crippen molar-refractivity contribution in [1.29, 1.82) is 0 Å². The second kappa shape index (κ2) is 16.3. The van der Waals surface area contributed by atoms with Crippen LogP contribution < -0.4 is 5.32 Å². The minimum atomic E-state index is 0. The molecule has 2 amide bonds. The van der Waals surface area contributed by atoms with Gasteiger partial charge in [0.05, 0.1) is 12.0 Å². The van der Waals surface area contributed by atoms with Crippen LogP contribution in [0.5, 0.6) is 0 Å². The average Bonchev–Trinajstić information content (AvgIpc) is 3.37. The maximum atomic E-state index is 12.0. The second-order valence-electron chi connectivity index (χ2n) is 11.3. The molecule has 1 aromatic carbocycles. The zero-order chi connectivity index (χ0) is 30.1. The van der Waals surface area contributed by atoms with E-state index in [-0.39, 0.29) is 19.4 Å². The Kier molecular flexibility index (Phi) is 12.9. The summed E-state index contributed by atoms with van der Waals surface area (Å²) in [7, 11) is 4.14. The van der Waals surface area contributed by atoms with E-state index in [0.29, 0.717) is 6.04 Å². The Morgan fingerprint density at radius 3 is 2.47 bits per heavy atom. The smallest absolute Gasteiger partial charge is 0.317 e. The van der Waals surface area contributed by atoms with Crippen LogP contribution in [0.4, 0.5) is 4.79 Å².